The Kier molecular flexibility index (Phi) is 6.12. The number of carbonyl (C=O) groups is 1. The predicted molar refractivity (Wildman–Crippen MR) is 73.4 cm³/mol. The summed E-state index contributed by atoms with van der Waals surface area (Å²) in [5, 5.41) is 0. The fourth-order valence-corrected chi connectivity index (χ4v) is 2.75. The minimum Gasteiger partial charge on any atom is -0.462 e. The van der Waals surface area contributed by atoms with Crippen molar-refractivity contribution in [2.45, 2.75) is 46.0 Å². The number of hydrogen-bond acceptors (Lipinski definition) is 4. The molecule has 0 N–H and O–H groups in total. The average molecular weight is 271 g/mol. The standard InChI is InChI=1S/C13H21NO3S/c1-4-6-7-8-9-10-11(12(15)17-5-2)18-13(16)14(10)3/h4-9H2,1-3H3. The van der Waals surface area contributed by atoms with Crippen molar-refractivity contribution in [2.24, 2.45) is 7.05 Å². The van der Waals surface area contributed by atoms with Gasteiger partial charge in [0.1, 0.15) is 4.88 Å². The molecule has 0 amide bonds. The molecule has 1 aromatic heterocycles. The van der Waals surface area contributed by atoms with E-state index in [9.17, 15) is 9.59 Å². The Labute approximate surface area is 112 Å². The van der Waals surface area contributed by atoms with Gasteiger partial charge in [-0.1, -0.05) is 37.5 Å². The first-order chi connectivity index (χ1) is 8.61. The molecular weight excluding hydrogens is 250 g/mol. The molecule has 0 aliphatic heterocycles. The van der Waals surface area contributed by atoms with Gasteiger partial charge in [0.15, 0.2) is 0 Å². The Morgan fingerprint density at radius 1 is 1.28 bits per heavy atom. The van der Waals surface area contributed by atoms with Gasteiger partial charge in [-0.15, -0.1) is 0 Å². The van der Waals surface area contributed by atoms with E-state index >= 15 is 0 Å². The average Bonchev–Trinajstić information content (AvgIpc) is 2.63. The molecule has 0 saturated heterocycles. The zero-order chi connectivity index (χ0) is 13.5. The van der Waals surface area contributed by atoms with Crippen LogP contribution in [-0.2, 0) is 18.2 Å². The van der Waals surface area contributed by atoms with Crippen LogP contribution in [0.15, 0.2) is 4.79 Å². The molecule has 0 spiro atoms. The molecule has 102 valence electrons. The maximum Gasteiger partial charge on any atom is 0.350 e. The van der Waals surface area contributed by atoms with Gasteiger partial charge in [0.2, 0.25) is 0 Å². The van der Waals surface area contributed by atoms with Gasteiger partial charge in [-0.2, -0.15) is 0 Å². The van der Waals surface area contributed by atoms with Gasteiger partial charge in [-0.05, 0) is 19.8 Å². The molecule has 0 aliphatic carbocycles. The summed E-state index contributed by atoms with van der Waals surface area (Å²) < 4.78 is 6.56. The van der Waals surface area contributed by atoms with E-state index in [2.05, 4.69) is 6.92 Å². The molecule has 0 saturated carbocycles. The first-order valence-electron chi connectivity index (χ1n) is 6.47. The number of aromatic nitrogens is 1. The van der Waals surface area contributed by atoms with E-state index in [0.29, 0.717) is 11.5 Å². The summed E-state index contributed by atoms with van der Waals surface area (Å²) in [6.45, 7) is 4.26. The number of esters is 1. The molecule has 1 heterocycles. The Morgan fingerprint density at radius 2 is 2.00 bits per heavy atom. The molecule has 1 aromatic rings. The molecule has 0 aromatic carbocycles. The second-order valence-corrected chi connectivity index (χ2v) is 5.20. The monoisotopic (exact) mass is 271 g/mol. The SMILES string of the molecule is CCCCCCc1c(C(=O)OCC)sc(=O)n1C. The van der Waals surface area contributed by atoms with Crippen LogP contribution in [-0.4, -0.2) is 17.1 Å². The van der Waals surface area contributed by atoms with E-state index in [-0.39, 0.29) is 10.8 Å². The van der Waals surface area contributed by atoms with Crippen LogP contribution < -0.4 is 4.87 Å². The van der Waals surface area contributed by atoms with Crippen molar-refractivity contribution < 1.29 is 9.53 Å². The van der Waals surface area contributed by atoms with Crippen molar-refractivity contribution in [3.8, 4) is 0 Å². The van der Waals surface area contributed by atoms with E-state index in [0.717, 1.165) is 36.3 Å². The summed E-state index contributed by atoms with van der Waals surface area (Å²) in [5.41, 5.74) is 0.819. The van der Waals surface area contributed by atoms with Crippen molar-refractivity contribution >= 4 is 17.3 Å². The molecule has 1 rings (SSSR count). The normalized spacial score (nSPS) is 10.6. The lowest BCUT2D eigenvalue weighted by atomic mass is 10.1. The van der Waals surface area contributed by atoms with Crippen molar-refractivity contribution in [1.29, 1.82) is 0 Å². The summed E-state index contributed by atoms with van der Waals surface area (Å²) in [7, 11) is 1.72. The van der Waals surface area contributed by atoms with Crippen LogP contribution >= 0.6 is 11.3 Å². The first kappa shape index (κ1) is 15.0. The Hall–Kier alpha value is -1.10. The smallest absolute Gasteiger partial charge is 0.350 e. The lowest BCUT2D eigenvalue weighted by molar-refractivity contribution is 0.0530. The van der Waals surface area contributed by atoms with Gasteiger partial charge in [-0.25, -0.2) is 4.79 Å². The number of hydrogen-bond donors (Lipinski definition) is 0. The van der Waals surface area contributed by atoms with E-state index in [1.54, 1.807) is 18.5 Å². The van der Waals surface area contributed by atoms with Crippen LogP contribution in [0.2, 0.25) is 0 Å². The third kappa shape index (κ3) is 3.70. The number of nitrogens with zero attached hydrogens (tertiary/aromatic N) is 1. The van der Waals surface area contributed by atoms with Crippen LogP contribution in [0.1, 0.15) is 54.9 Å². The molecule has 0 unspecified atom stereocenters. The molecule has 18 heavy (non-hydrogen) atoms. The molecule has 0 bridgehead atoms. The zero-order valence-corrected chi connectivity index (χ0v) is 12.1. The summed E-state index contributed by atoms with van der Waals surface area (Å²) >= 11 is 0.986. The predicted octanol–water partition coefficient (Wildman–Crippen LogP) is 2.75. The molecule has 0 radical (unpaired) electrons. The van der Waals surface area contributed by atoms with Crippen molar-refractivity contribution in [3.63, 3.8) is 0 Å². The number of thiazole rings is 1. The molecule has 0 aliphatic rings. The van der Waals surface area contributed by atoms with Crippen LogP contribution in [0.25, 0.3) is 0 Å². The van der Waals surface area contributed by atoms with Gasteiger partial charge in [0.25, 0.3) is 0 Å². The molecule has 0 atom stereocenters. The fourth-order valence-electron chi connectivity index (χ4n) is 1.83. The summed E-state index contributed by atoms with van der Waals surface area (Å²) in [6, 6.07) is 0. The Morgan fingerprint density at radius 3 is 2.61 bits per heavy atom. The maximum atomic E-state index is 11.8. The van der Waals surface area contributed by atoms with E-state index < -0.39 is 0 Å². The topological polar surface area (TPSA) is 48.3 Å². The maximum absolute atomic E-state index is 11.8. The van der Waals surface area contributed by atoms with Gasteiger partial charge in [0.05, 0.1) is 6.61 Å². The van der Waals surface area contributed by atoms with Crippen LogP contribution in [0.4, 0.5) is 0 Å². The second-order valence-electron chi connectivity index (χ2n) is 4.23. The fraction of sp³-hybridized carbons (Fsp3) is 0.692. The van der Waals surface area contributed by atoms with Crippen molar-refractivity contribution in [1.82, 2.24) is 4.57 Å². The van der Waals surface area contributed by atoms with Gasteiger partial charge < -0.3 is 9.30 Å². The first-order valence-corrected chi connectivity index (χ1v) is 7.29. The summed E-state index contributed by atoms with van der Waals surface area (Å²) in [5.74, 6) is -0.370. The second kappa shape index (κ2) is 7.36. The summed E-state index contributed by atoms with van der Waals surface area (Å²) in [6.07, 6.45) is 5.26. The summed E-state index contributed by atoms with van der Waals surface area (Å²) in [4.78, 5) is 23.8. The number of carbonyl (C=O) groups excluding carboxylic acids is 1. The Balaban J connectivity index is 2.81. The van der Waals surface area contributed by atoms with Crippen LogP contribution in [0.5, 0.6) is 0 Å². The largest absolute Gasteiger partial charge is 0.462 e. The molecule has 5 heteroatoms. The lowest BCUT2D eigenvalue weighted by Gasteiger charge is -2.05. The highest BCUT2D eigenvalue weighted by molar-refractivity contribution is 7.11. The van der Waals surface area contributed by atoms with Crippen molar-refractivity contribution in [3.05, 3.63) is 20.2 Å². The van der Waals surface area contributed by atoms with E-state index in [1.807, 2.05) is 0 Å². The highest BCUT2D eigenvalue weighted by atomic mass is 32.1. The minimum atomic E-state index is -0.370. The third-order valence-electron chi connectivity index (χ3n) is 2.86. The Bertz CT molecular complexity index is 448. The molecule has 4 nitrogen and oxygen atoms in total. The van der Waals surface area contributed by atoms with Gasteiger partial charge in [0, 0.05) is 12.7 Å². The van der Waals surface area contributed by atoms with Gasteiger partial charge >= 0.3 is 10.8 Å². The quantitative estimate of drug-likeness (QED) is 0.566. The molecular formula is C13H21NO3S. The van der Waals surface area contributed by atoms with Crippen LogP contribution in [0.3, 0.4) is 0 Å². The highest BCUT2D eigenvalue weighted by Crippen LogP contribution is 2.16. The molecule has 0 fully saturated rings. The van der Waals surface area contributed by atoms with E-state index in [1.165, 1.54) is 12.8 Å². The van der Waals surface area contributed by atoms with E-state index in [4.69, 9.17) is 4.74 Å². The van der Waals surface area contributed by atoms with Crippen LogP contribution in [0, 0.1) is 0 Å². The highest BCUT2D eigenvalue weighted by Gasteiger charge is 2.19. The number of rotatable bonds is 7. The van der Waals surface area contributed by atoms with Gasteiger partial charge in [-0.3, -0.25) is 4.79 Å². The number of ether oxygens (including phenoxy) is 1. The zero-order valence-electron chi connectivity index (χ0n) is 11.3. The lowest BCUT2D eigenvalue weighted by Crippen LogP contribution is -2.12. The third-order valence-corrected chi connectivity index (χ3v) is 3.91. The van der Waals surface area contributed by atoms with Crippen molar-refractivity contribution in [2.75, 3.05) is 6.61 Å². The minimum absolute atomic E-state index is 0.0939. The number of unbranched alkanes of at least 4 members (excludes halogenated alkanes) is 3.